The van der Waals surface area contributed by atoms with Crippen LogP contribution in [-0.2, 0) is 6.61 Å². The Bertz CT molecular complexity index is 998. The highest BCUT2D eigenvalue weighted by atomic mass is 35.5. The van der Waals surface area contributed by atoms with Gasteiger partial charge < -0.3 is 4.74 Å². The summed E-state index contributed by atoms with van der Waals surface area (Å²) in [4.78, 5) is 0. The molecule has 0 radical (unpaired) electrons. The first-order valence-corrected chi connectivity index (χ1v) is 8.85. The van der Waals surface area contributed by atoms with Gasteiger partial charge in [0.25, 0.3) is 0 Å². The van der Waals surface area contributed by atoms with Crippen LogP contribution in [0.4, 0.5) is 0 Å². The van der Waals surface area contributed by atoms with Gasteiger partial charge in [-0.25, -0.2) is 0 Å². The summed E-state index contributed by atoms with van der Waals surface area (Å²) in [5.74, 6) is 0. The standard InChI is InChI=1S/C19H10Cl2N2OS/c20-17-6-5-14(7-18(17)21)16-11-25-19(15(16)9-23)24-10-13-3-1-12(8-22)2-4-13/h1-7,11H,10H2. The summed E-state index contributed by atoms with van der Waals surface area (Å²) >= 11 is 13.4. The Balaban J connectivity index is 1.83. The number of rotatable bonds is 4. The lowest BCUT2D eigenvalue weighted by atomic mass is 10.1. The van der Waals surface area contributed by atoms with E-state index in [-0.39, 0.29) is 0 Å². The molecule has 1 aromatic heterocycles. The van der Waals surface area contributed by atoms with E-state index < -0.39 is 0 Å². The molecule has 0 spiro atoms. The Labute approximate surface area is 159 Å². The number of hydrogen-bond donors (Lipinski definition) is 0. The van der Waals surface area contributed by atoms with Gasteiger partial charge in [-0.3, -0.25) is 0 Å². The normalized spacial score (nSPS) is 10.1. The summed E-state index contributed by atoms with van der Waals surface area (Å²) in [6, 6.07) is 16.7. The first kappa shape index (κ1) is 17.3. The molecule has 0 bridgehead atoms. The lowest BCUT2D eigenvalue weighted by Crippen LogP contribution is -1.95. The van der Waals surface area contributed by atoms with Gasteiger partial charge in [0.15, 0.2) is 5.06 Å². The van der Waals surface area contributed by atoms with Crippen molar-refractivity contribution in [2.75, 3.05) is 0 Å². The maximum atomic E-state index is 9.52. The molecule has 2 aromatic carbocycles. The second kappa shape index (κ2) is 7.59. The van der Waals surface area contributed by atoms with E-state index in [4.69, 9.17) is 33.2 Å². The van der Waals surface area contributed by atoms with E-state index >= 15 is 0 Å². The maximum Gasteiger partial charge on any atom is 0.192 e. The summed E-state index contributed by atoms with van der Waals surface area (Å²) in [5.41, 5.74) is 3.57. The van der Waals surface area contributed by atoms with Gasteiger partial charge in [-0.05, 0) is 35.4 Å². The third-order valence-electron chi connectivity index (χ3n) is 3.55. The van der Waals surface area contributed by atoms with Crippen molar-refractivity contribution >= 4 is 34.5 Å². The highest BCUT2D eigenvalue weighted by Gasteiger charge is 2.15. The Morgan fingerprint density at radius 2 is 1.72 bits per heavy atom. The zero-order chi connectivity index (χ0) is 17.8. The molecule has 0 amide bonds. The van der Waals surface area contributed by atoms with Crippen LogP contribution >= 0.6 is 34.5 Å². The highest BCUT2D eigenvalue weighted by molar-refractivity contribution is 7.12. The van der Waals surface area contributed by atoms with Gasteiger partial charge in [-0.2, -0.15) is 10.5 Å². The Hall–Kier alpha value is -2.50. The van der Waals surface area contributed by atoms with Crippen LogP contribution in [0.1, 0.15) is 16.7 Å². The van der Waals surface area contributed by atoms with Crippen LogP contribution in [0.25, 0.3) is 11.1 Å². The molecule has 0 unspecified atom stereocenters. The molecule has 25 heavy (non-hydrogen) atoms. The van der Waals surface area contributed by atoms with E-state index in [9.17, 15) is 5.26 Å². The van der Waals surface area contributed by atoms with E-state index in [1.54, 1.807) is 24.3 Å². The fourth-order valence-electron chi connectivity index (χ4n) is 2.25. The lowest BCUT2D eigenvalue weighted by Gasteiger charge is -2.06. The van der Waals surface area contributed by atoms with Crippen molar-refractivity contribution in [2.24, 2.45) is 0 Å². The van der Waals surface area contributed by atoms with Gasteiger partial charge in [0, 0.05) is 10.9 Å². The number of hydrogen-bond acceptors (Lipinski definition) is 4. The van der Waals surface area contributed by atoms with Gasteiger partial charge in [-0.15, -0.1) is 11.3 Å². The molecule has 3 rings (SSSR count). The molecule has 0 aliphatic rings. The van der Waals surface area contributed by atoms with Crippen LogP contribution in [0.3, 0.4) is 0 Å². The smallest absolute Gasteiger partial charge is 0.192 e. The van der Waals surface area contributed by atoms with E-state index in [1.165, 1.54) is 11.3 Å². The third-order valence-corrected chi connectivity index (χ3v) is 5.18. The van der Waals surface area contributed by atoms with E-state index in [0.717, 1.165) is 16.7 Å². The summed E-state index contributed by atoms with van der Waals surface area (Å²) in [7, 11) is 0. The summed E-state index contributed by atoms with van der Waals surface area (Å²) in [6.07, 6.45) is 0. The SMILES string of the molecule is N#Cc1ccc(COc2scc(-c3ccc(Cl)c(Cl)c3)c2C#N)cc1. The molecule has 122 valence electrons. The van der Waals surface area contributed by atoms with Crippen LogP contribution in [0.5, 0.6) is 5.06 Å². The van der Waals surface area contributed by atoms with Crippen LogP contribution in [0.2, 0.25) is 10.0 Å². The van der Waals surface area contributed by atoms with Gasteiger partial charge in [-0.1, -0.05) is 41.4 Å². The number of benzene rings is 2. The molecule has 6 heteroatoms. The lowest BCUT2D eigenvalue weighted by molar-refractivity contribution is 0.315. The highest BCUT2D eigenvalue weighted by Crippen LogP contribution is 2.38. The van der Waals surface area contributed by atoms with Crippen molar-refractivity contribution in [3.05, 3.63) is 74.6 Å². The van der Waals surface area contributed by atoms with Crippen LogP contribution in [0, 0.1) is 22.7 Å². The van der Waals surface area contributed by atoms with Crippen molar-refractivity contribution in [3.8, 4) is 28.3 Å². The molecule has 0 atom stereocenters. The van der Waals surface area contributed by atoms with Crippen LogP contribution in [-0.4, -0.2) is 0 Å². The molecular weight excluding hydrogens is 375 g/mol. The van der Waals surface area contributed by atoms with Gasteiger partial charge in [0.2, 0.25) is 0 Å². The predicted octanol–water partition coefficient (Wildman–Crippen LogP) is 6.04. The maximum absolute atomic E-state index is 9.52. The summed E-state index contributed by atoms with van der Waals surface area (Å²) < 4.78 is 5.80. The molecule has 0 fully saturated rings. The molecule has 3 aromatic rings. The van der Waals surface area contributed by atoms with Gasteiger partial charge in [0.1, 0.15) is 18.2 Å². The minimum Gasteiger partial charge on any atom is -0.478 e. The van der Waals surface area contributed by atoms with Crippen LogP contribution < -0.4 is 4.74 Å². The molecule has 0 saturated heterocycles. The second-order valence-corrected chi connectivity index (χ2v) is 6.81. The van der Waals surface area contributed by atoms with Crippen molar-refractivity contribution < 1.29 is 4.74 Å². The van der Waals surface area contributed by atoms with Gasteiger partial charge in [0.05, 0.1) is 21.7 Å². The monoisotopic (exact) mass is 384 g/mol. The van der Waals surface area contributed by atoms with Crippen molar-refractivity contribution in [1.29, 1.82) is 10.5 Å². The largest absolute Gasteiger partial charge is 0.478 e. The second-order valence-electron chi connectivity index (χ2n) is 5.15. The fourth-order valence-corrected chi connectivity index (χ4v) is 3.43. The molecule has 0 saturated carbocycles. The number of ether oxygens (including phenoxy) is 1. The number of halogens is 2. The third kappa shape index (κ3) is 3.78. The predicted molar refractivity (Wildman–Crippen MR) is 100.0 cm³/mol. The van der Waals surface area contributed by atoms with Crippen molar-refractivity contribution in [2.45, 2.75) is 6.61 Å². The molecule has 1 heterocycles. The molecular formula is C19H10Cl2N2OS. The topological polar surface area (TPSA) is 56.8 Å². The quantitative estimate of drug-likeness (QED) is 0.550. The summed E-state index contributed by atoms with van der Waals surface area (Å²) in [6.45, 7) is 0.321. The number of nitriles is 2. The van der Waals surface area contributed by atoms with Crippen LogP contribution in [0.15, 0.2) is 47.8 Å². The Kier molecular flexibility index (Phi) is 5.26. The first-order valence-electron chi connectivity index (χ1n) is 7.21. The van der Waals surface area contributed by atoms with Crippen molar-refractivity contribution in [1.82, 2.24) is 0 Å². The average molecular weight is 385 g/mol. The zero-order valence-corrected chi connectivity index (χ0v) is 15.1. The van der Waals surface area contributed by atoms with Gasteiger partial charge >= 0.3 is 0 Å². The molecule has 0 aliphatic heterocycles. The zero-order valence-electron chi connectivity index (χ0n) is 12.8. The molecule has 0 aliphatic carbocycles. The minimum atomic E-state index is 0.321. The number of nitrogens with zero attached hydrogens (tertiary/aromatic N) is 2. The Morgan fingerprint density at radius 3 is 2.36 bits per heavy atom. The first-order chi connectivity index (χ1) is 12.1. The Morgan fingerprint density at radius 1 is 0.960 bits per heavy atom. The van der Waals surface area contributed by atoms with Crippen molar-refractivity contribution in [3.63, 3.8) is 0 Å². The van der Waals surface area contributed by atoms with E-state index in [2.05, 4.69) is 12.1 Å². The average Bonchev–Trinajstić information content (AvgIpc) is 3.05. The molecule has 3 nitrogen and oxygen atoms in total. The van der Waals surface area contributed by atoms with E-state index in [0.29, 0.717) is 32.8 Å². The minimum absolute atomic E-state index is 0.321. The number of thiophene rings is 1. The molecule has 0 N–H and O–H groups in total. The van der Waals surface area contributed by atoms with E-state index in [1.807, 2.05) is 23.6 Å². The summed E-state index contributed by atoms with van der Waals surface area (Å²) in [5, 5.41) is 21.7. The fraction of sp³-hybridized carbons (Fsp3) is 0.0526.